The standard InChI is InChI=1S/C17H23N3O/c1-13(2)20-16(9-10-19-20)11-18-15-8-7-14-5-3-4-6-17(14)21-12-15/h3-6,9-10,13,15,18H,7-8,11-12H2,1-2H3. The molecule has 1 atom stereocenters. The van der Waals surface area contributed by atoms with Gasteiger partial charge in [0.05, 0.1) is 5.69 Å². The molecule has 1 unspecified atom stereocenters. The van der Waals surface area contributed by atoms with Crippen molar-refractivity contribution >= 4 is 0 Å². The third-order valence-corrected chi connectivity index (χ3v) is 3.99. The van der Waals surface area contributed by atoms with Crippen LogP contribution < -0.4 is 10.1 Å². The fourth-order valence-electron chi connectivity index (χ4n) is 2.81. The van der Waals surface area contributed by atoms with Crippen LogP contribution in [0.2, 0.25) is 0 Å². The second-order valence-electron chi connectivity index (χ2n) is 5.90. The van der Waals surface area contributed by atoms with E-state index in [-0.39, 0.29) is 0 Å². The highest BCUT2D eigenvalue weighted by Crippen LogP contribution is 2.23. The van der Waals surface area contributed by atoms with E-state index in [0.717, 1.165) is 31.7 Å². The Bertz CT molecular complexity index is 564. The molecule has 0 aliphatic carbocycles. The lowest BCUT2D eigenvalue weighted by Crippen LogP contribution is -2.34. The van der Waals surface area contributed by atoms with E-state index in [2.05, 4.69) is 53.2 Å². The van der Waals surface area contributed by atoms with E-state index in [9.17, 15) is 0 Å². The molecule has 0 bridgehead atoms. The first kappa shape index (κ1) is 14.1. The second-order valence-corrected chi connectivity index (χ2v) is 5.90. The van der Waals surface area contributed by atoms with Crippen LogP contribution in [0, 0.1) is 0 Å². The van der Waals surface area contributed by atoms with Gasteiger partial charge in [0.2, 0.25) is 0 Å². The summed E-state index contributed by atoms with van der Waals surface area (Å²) in [4.78, 5) is 0. The van der Waals surface area contributed by atoms with Crippen molar-refractivity contribution in [1.29, 1.82) is 0 Å². The number of nitrogens with one attached hydrogen (secondary N) is 1. The van der Waals surface area contributed by atoms with Gasteiger partial charge in [-0.3, -0.25) is 4.68 Å². The number of nitrogens with zero attached hydrogens (tertiary/aromatic N) is 2. The lowest BCUT2D eigenvalue weighted by molar-refractivity contribution is 0.265. The largest absolute Gasteiger partial charge is 0.492 e. The predicted octanol–water partition coefficient (Wildman–Crippen LogP) is 2.95. The molecule has 0 spiro atoms. The first-order chi connectivity index (χ1) is 10.2. The van der Waals surface area contributed by atoms with Crippen molar-refractivity contribution in [3.63, 3.8) is 0 Å². The smallest absolute Gasteiger partial charge is 0.122 e. The normalized spacial score (nSPS) is 18.1. The molecule has 0 fully saturated rings. The Balaban J connectivity index is 1.59. The lowest BCUT2D eigenvalue weighted by atomic mass is 10.1. The molecule has 3 rings (SSSR count). The van der Waals surface area contributed by atoms with Crippen LogP contribution in [-0.2, 0) is 13.0 Å². The van der Waals surface area contributed by atoms with E-state index in [1.165, 1.54) is 11.3 Å². The number of rotatable bonds is 4. The zero-order valence-corrected chi connectivity index (χ0v) is 12.7. The molecular weight excluding hydrogens is 262 g/mol. The van der Waals surface area contributed by atoms with Crippen LogP contribution in [-0.4, -0.2) is 22.4 Å². The number of benzene rings is 1. The van der Waals surface area contributed by atoms with E-state index in [0.29, 0.717) is 12.1 Å². The summed E-state index contributed by atoms with van der Waals surface area (Å²) < 4.78 is 7.99. The highest BCUT2D eigenvalue weighted by Gasteiger charge is 2.17. The van der Waals surface area contributed by atoms with Crippen molar-refractivity contribution < 1.29 is 4.74 Å². The fourth-order valence-corrected chi connectivity index (χ4v) is 2.81. The van der Waals surface area contributed by atoms with E-state index in [1.54, 1.807) is 0 Å². The Labute approximate surface area is 126 Å². The first-order valence-corrected chi connectivity index (χ1v) is 7.70. The fraction of sp³-hybridized carbons (Fsp3) is 0.471. The number of para-hydroxylation sites is 1. The zero-order valence-electron chi connectivity index (χ0n) is 12.7. The summed E-state index contributed by atoms with van der Waals surface area (Å²) in [6.45, 7) is 5.87. The first-order valence-electron chi connectivity index (χ1n) is 7.70. The van der Waals surface area contributed by atoms with Gasteiger partial charge in [-0.05, 0) is 44.4 Å². The van der Waals surface area contributed by atoms with Gasteiger partial charge in [-0.25, -0.2) is 0 Å². The predicted molar refractivity (Wildman–Crippen MR) is 83.5 cm³/mol. The minimum absolute atomic E-state index is 0.382. The maximum atomic E-state index is 5.92. The van der Waals surface area contributed by atoms with E-state index >= 15 is 0 Å². The Morgan fingerprint density at radius 1 is 1.33 bits per heavy atom. The van der Waals surface area contributed by atoms with Gasteiger partial charge in [0.1, 0.15) is 12.4 Å². The maximum absolute atomic E-state index is 5.92. The number of fused-ring (bicyclic) bond motifs is 1. The molecule has 0 saturated carbocycles. The average Bonchev–Trinajstić information content (AvgIpc) is 2.86. The summed E-state index contributed by atoms with van der Waals surface area (Å²) in [6.07, 6.45) is 4.04. The van der Waals surface area contributed by atoms with Gasteiger partial charge >= 0.3 is 0 Å². The van der Waals surface area contributed by atoms with E-state index in [4.69, 9.17) is 4.74 Å². The van der Waals surface area contributed by atoms with Crippen molar-refractivity contribution in [2.24, 2.45) is 0 Å². The Morgan fingerprint density at radius 2 is 2.19 bits per heavy atom. The maximum Gasteiger partial charge on any atom is 0.122 e. The molecule has 4 heteroatoms. The number of aryl methyl sites for hydroxylation is 1. The number of hydrogen-bond acceptors (Lipinski definition) is 3. The molecule has 1 N–H and O–H groups in total. The minimum Gasteiger partial charge on any atom is -0.492 e. The van der Waals surface area contributed by atoms with Crippen molar-refractivity contribution in [2.75, 3.05) is 6.61 Å². The number of ether oxygens (including phenoxy) is 1. The molecule has 112 valence electrons. The average molecular weight is 285 g/mol. The molecule has 21 heavy (non-hydrogen) atoms. The molecule has 4 nitrogen and oxygen atoms in total. The molecule has 1 aromatic carbocycles. The van der Waals surface area contributed by atoms with Gasteiger partial charge in [0.15, 0.2) is 0 Å². The SMILES string of the molecule is CC(C)n1nccc1CNC1CCc2ccccc2OC1. The van der Waals surface area contributed by atoms with Crippen LogP contribution in [0.1, 0.15) is 37.6 Å². The third-order valence-electron chi connectivity index (χ3n) is 3.99. The Kier molecular flexibility index (Phi) is 4.25. The monoisotopic (exact) mass is 285 g/mol. The topological polar surface area (TPSA) is 39.1 Å². The third kappa shape index (κ3) is 3.27. The summed E-state index contributed by atoms with van der Waals surface area (Å²) >= 11 is 0. The highest BCUT2D eigenvalue weighted by atomic mass is 16.5. The highest BCUT2D eigenvalue weighted by molar-refractivity contribution is 5.34. The Hall–Kier alpha value is -1.81. The number of hydrogen-bond donors (Lipinski definition) is 1. The molecule has 1 aliphatic rings. The summed E-state index contributed by atoms with van der Waals surface area (Å²) in [7, 11) is 0. The summed E-state index contributed by atoms with van der Waals surface area (Å²) in [5.41, 5.74) is 2.54. The minimum atomic E-state index is 0.382. The quantitative estimate of drug-likeness (QED) is 0.938. The lowest BCUT2D eigenvalue weighted by Gasteiger charge is -2.17. The molecule has 1 aliphatic heterocycles. The van der Waals surface area contributed by atoms with Gasteiger partial charge in [-0.1, -0.05) is 18.2 Å². The molecule has 0 amide bonds. The van der Waals surface area contributed by atoms with Crippen molar-refractivity contribution in [1.82, 2.24) is 15.1 Å². The van der Waals surface area contributed by atoms with E-state index < -0.39 is 0 Å². The van der Waals surface area contributed by atoms with Crippen LogP contribution in [0.25, 0.3) is 0 Å². The second kappa shape index (κ2) is 6.31. The van der Waals surface area contributed by atoms with Crippen LogP contribution >= 0.6 is 0 Å². The van der Waals surface area contributed by atoms with E-state index in [1.807, 2.05) is 12.3 Å². The molecule has 2 heterocycles. The molecule has 0 saturated heterocycles. The molecule has 2 aromatic rings. The Morgan fingerprint density at radius 3 is 3.05 bits per heavy atom. The molecular formula is C17H23N3O. The van der Waals surface area contributed by atoms with Crippen LogP contribution in [0.5, 0.6) is 5.75 Å². The summed E-state index contributed by atoms with van der Waals surface area (Å²) in [5.74, 6) is 1.04. The summed E-state index contributed by atoms with van der Waals surface area (Å²) in [6, 6.07) is 11.2. The molecule has 1 aromatic heterocycles. The zero-order chi connectivity index (χ0) is 14.7. The summed E-state index contributed by atoms with van der Waals surface area (Å²) in [5, 5.41) is 7.98. The van der Waals surface area contributed by atoms with Gasteiger partial charge in [0, 0.05) is 24.8 Å². The van der Waals surface area contributed by atoms with Crippen LogP contribution in [0.3, 0.4) is 0 Å². The van der Waals surface area contributed by atoms with Gasteiger partial charge in [-0.15, -0.1) is 0 Å². The van der Waals surface area contributed by atoms with Crippen LogP contribution in [0.4, 0.5) is 0 Å². The van der Waals surface area contributed by atoms with Crippen molar-refractivity contribution in [3.8, 4) is 5.75 Å². The van der Waals surface area contributed by atoms with Crippen molar-refractivity contribution in [3.05, 3.63) is 47.8 Å². The number of aromatic nitrogens is 2. The van der Waals surface area contributed by atoms with Crippen LogP contribution in [0.15, 0.2) is 36.5 Å². The van der Waals surface area contributed by atoms with Gasteiger partial charge in [-0.2, -0.15) is 5.10 Å². The van der Waals surface area contributed by atoms with Gasteiger partial charge in [0.25, 0.3) is 0 Å². The van der Waals surface area contributed by atoms with Crippen molar-refractivity contribution in [2.45, 2.75) is 45.3 Å². The molecule has 0 radical (unpaired) electrons. The van der Waals surface area contributed by atoms with Gasteiger partial charge < -0.3 is 10.1 Å².